The number of rotatable bonds is 0. The van der Waals surface area contributed by atoms with E-state index in [1.54, 1.807) is 12.2 Å². The molecule has 0 aromatic heterocycles. The zero-order valence-electron chi connectivity index (χ0n) is 14.7. The highest BCUT2D eigenvalue weighted by molar-refractivity contribution is 6.19. The molecule has 5 bridgehead atoms. The Morgan fingerprint density at radius 3 is 2.60 bits per heavy atom. The van der Waals surface area contributed by atoms with Crippen LogP contribution in [0.1, 0.15) is 40.0 Å². The minimum Gasteiger partial charge on any atom is -0.484 e. The van der Waals surface area contributed by atoms with Crippen LogP contribution in [-0.2, 0) is 19.1 Å². The van der Waals surface area contributed by atoms with E-state index in [1.807, 2.05) is 20.8 Å². The molecule has 2 saturated heterocycles. The first-order valence-corrected chi connectivity index (χ1v) is 8.95. The Morgan fingerprint density at radius 1 is 1.16 bits per heavy atom. The number of carbonyl (C=O) groups excluding carboxylic acids is 2. The third-order valence-corrected chi connectivity index (χ3v) is 6.67. The van der Waals surface area contributed by atoms with Gasteiger partial charge in [-0.15, -0.1) is 0 Å². The third kappa shape index (κ3) is 2.04. The molecular formula is C19H24O6. The lowest BCUT2D eigenvalue weighted by Crippen LogP contribution is -2.69. The fourth-order valence-electron chi connectivity index (χ4n) is 4.71. The van der Waals surface area contributed by atoms with Crippen LogP contribution < -0.4 is 0 Å². The number of aliphatic hydroxyl groups is 2. The lowest BCUT2D eigenvalue weighted by molar-refractivity contribution is -0.262. The Hall–Kier alpha value is -1.66. The first-order chi connectivity index (χ1) is 11.7. The van der Waals surface area contributed by atoms with E-state index in [-0.39, 0.29) is 35.4 Å². The number of carbonyl (C=O) groups is 2. The minimum absolute atomic E-state index is 0.00739. The van der Waals surface area contributed by atoms with Crippen molar-refractivity contribution in [1.82, 2.24) is 0 Å². The van der Waals surface area contributed by atoms with Crippen LogP contribution in [0.3, 0.4) is 0 Å². The summed E-state index contributed by atoms with van der Waals surface area (Å²) < 4.78 is 11.8. The molecule has 1 spiro atoms. The van der Waals surface area contributed by atoms with Crippen molar-refractivity contribution in [3.05, 3.63) is 23.5 Å². The number of hydrogen-bond acceptors (Lipinski definition) is 6. The molecule has 0 aromatic rings. The Labute approximate surface area is 146 Å². The van der Waals surface area contributed by atoms with Gasteiger partial charge in [0.15, 0.2) is 17.1 Å². The van der Waals surface area contributed by atoms with Gasteiger partial charge >= 0.3 is 5.97 Å². The van der Waals surface area contributed by atoms with Crippen LogP contribution in [0.2, 0.25) is 0 Å². The smallest absolute Gasteiger partial charge is 0.346 e. The fraction of sp³-hybridized carbons (Fsp3) is 0.684. The maximum absolute atomic E-state index is 12.7. The van der Waals surface area contributed by atoms with Crippen molar-refractivity contribution in [2.24, 2.45) is 17.8 Å². The van der Waals surface area contributed by atoms with Gasteiger partial charge < -0.3 is 19.7 Å². The largest absolute Gasteiger partial charge is 0.484 e. The summed E-state index contributed by atoms with van der Waals surface area (Å²) in [5.74, 6) is -1.40. The van der Waals surface area contributed by atoms with Gasteiger partial charge in [-0.2, -0.15) is 0 Å². The molecule has 3 aliphatic heterocycles. The Balaban J connectivity index is 1.93. The van der Waals surface area contributed by atoms with E-state index in [0.29, 0.717) is 12.8 Å². The molecule has 0 aromatic carbocycles. The fourth-order valence-corrected chi connectivity index (χ4v) is 4.71. The van der Waals surface area contributed by atoms with Crippen LogP contribution >= 0.6 is 0 Å². The second-order valence-corrected chi connectivity index (χ2v) is 8.16. The molecule has 2 N–H and O–H groups in total. The predicted octanol–water partition coefficient (Wildman–Crippen LogP) is 1.26. The summed E-state index contributed by atoms with van der Waals surface area (Å²) in [6.45, 7) is 5.62. The topological polar surface area (TPSA) is 93.1 Å². The normalized spacial score (nSPS) is 50.2. The maximum Gasteiger partial charge on any atom is 0.346 e. The molecule has 1 saturated carbocycles. The highest BCUT2D eigenvalue weighted by Crippen LogP contribution is 2.60. The molecule has 6 heteroatoms. The number of hydrogen-bond donors (Lipinski definition) is 2. The van der Waals surface area contributed by atoms with Gasteiger partial charge in [-0.1, -0.05) is 26.0 Å². The summed E-state index contributed by atoms with van der Waals surface area (Å²) in [6.07, 6.45) is 2.87. The lowest BCUT2D eigenvalue weighted by Gasteiger charge is -2.59. The van der Waals surface area contributed by atoms with Gasteiger partial charge in [0, 0.05) is 18.8 Å². The second kappa shape index (κ2) is 5.17. The van der Waals surface area contributed by atoms with Crippen LogP contribution in [0.5, 0.6) is 0 Å². The van der Waals surface area contributed by atoms with Gasteiger partial charge in [0.25, 0.3) is 0 Å². The monoisotopic (exact) mass is 348 g/mol. The standard InChI is InChI=1S/C19H24O6/c1-9-4-6-13(21)14-16-19(25-17(14)23)8-10(2)18(3,24-16)15(22)11(19)5-7-12(9)20/h5,7,9-12,15,20,22H,4,6,8H2,1-3H3/b7-5+/t9-,10-,11?,12-,15-,18+,19-/m1/s1. The summed E-state index contributed by atoms with van der Waals surface area (Å²) in [4.78, 5) is 25.2. The summed E-state index contributed by atoms with van der Waals surface area (Å²) in [5.41, 5.74) is -2.06. The SMILES string of the molecule is C[C@@H]1CCC(=O)C2=C3O[C@@]4(C)[C@H](C)C[C@@]3(OC2=O)C(/C=C/[C@H]1O)[C@H]4O. The summed E-state index contributed by atoms with van der Waals surface area (Å²) in [7, 11) is 0. The summed E-state index contributed by atoms with van der Waals surface area (Å²) in [6, 6.07) is 0. The quantitative estimate of drug-likeness (QED) is 0.389. The molecule has 3 heterocycles. The Bertz CT molecular complexity index is 709. The third-order valence-electron chi connectivity index (χ3n) is 6.67. The van der Waals surface area contributed by atoms with Crippen LogP contribution in [-0.4, -0.2) is 45.4 Å². The number of ketones is 1. The van der Waals surface area contributed by atoms with E-state index >= 15 is 0 Å². The van der Waals surface area contributed by atoms with E-state index in [2.05, 4.69) is 0 Å². The molecular weight excluding hydrogens is 324 g/mol. The molecule has 1 unspecified atom stereocenters. The maximum atomic E-state index is 12.7. The summed E-state index contributed by atoms with van der Waals surface area (Å²) >= 11 is 0. The second-order valence-electron chi connectivity index (χ2n) is 8.16. The van der Waals surface area contributed by atoms with E-state index in [1.165, 1.54) is 0 Å². The van der Waals surface area contributed by atoms with Crippen molar-refractivity contribution in [2.75, 3.05) is 0 Å². The predicted molar refractivity (Wildman–Crippen MR) is 87.2 cm³/mol. The van der Waals surface area contributed by atoms with Crippen molar-refractivity contribution in [3.63, 3.8) is 0 Å². The first-order valence-electron chi connectivity index (χ1n) is 8.95. The van der Waals surface area contributed by atoms with Crippen LogP contribution in [0.4, 0.5) is 0 Å². The van der Waals surface area contributed by atoms with Crippen LogP contribution in [0, 0.1) is 17.8 Å². The van der Waals surface area contributed by atoms with Gasteiger partial charge in [0.2, 0.25) is 0 Å². The van der Waals surface area contributed by atoms with Crippen LogP contribution in [0.25, 0.3) is 0 Å². The number of Topliss-reactive ketones (excluding diaryl/α,β-unsaturated/α-hetero) is 1. The molecule has 6 nitrogen and oxygen atoms in total. The van der Waals surface area contributed by atoms with Crippen molar-refractivity contribution in [2.45, 2.75) is 63.4 Å². The molecule has 2 aliphatic carbocycles. The van der Waals surface area contributed by atoms with E-state index in [9.17, 15) is 19.8 Å². The zero-order valence-corrected chi connectivity index (χ0v) is 14.7. The first kappa shape index (κ1) is 16.8. The van der Waals surface area contributed by atoms with Crippen molar-refractivity contribution in [3.8, 4) is 0 Å². The Kier molecular flexibility index (Phi) is 3.48. The van der Waals surface area contributed by atoms with Gasteiger partial charge in [0.05, 0.1) is 12.0 Å². The van der Waals surface area contributed by atoms with E-state index in [0.717, 1.165) is 0 Å². The molecule has 5 rings (SSSR count). The number of fused-ring (bicyclic) bond motifs is 1. The summed E-state index contributed by atoms with van der Waals surface area (Å²) in [5, 5.41) is 21.3. The average Bonchev–Trinajstić information content (AvgIpc) is 2.82. The highest BCUT2D eigenvalue weighted by atomic mass is 16.6. The van der Waals surface area contributed by atoms with Crippen LogP contribution in [0.15, 0.2) is 23.5 Å². The number of esters is 1. The van der Waals surface area contributed by atoms with E-state index in [4.69, 9.17) is 9.47 Å². The van der Waals surface area contributed by atoms with E-state index < -0.39 is 35.3 Å². The lowest BCUT2D eigenvalue weighted by atomic mass is 9.59. The zero-order chi connectivity index (χ0) is 18.1. The number of ether oxygens (including phenoxy) is 2. The molecule has 3 fully saturated rings. The highest BCUT2D eigenvalue weighted by Gasteiger charge is 2.70. The molecule has 136 valence electrons. The Morgan fingerprint density at radius 2 is 1.88 bits per heavy atom. The van der Waals surface area contributed by atoms with Gasteiger partial charge in [-0.05, 0) is 19.3 Å². The average molecular weight is 348 g/mol. The van der Waals surface area contributed by atoms with Gasteiger partial charge in [-0.3, -0.25) is 4.79 Å². The molecule has 0 amide bonds. The van der Waals surface area contributed by atoms with Gasteiger partial charge in [0.1, 0.15) is 17.3 Å². The number of aliphatic hydroxyl groups excluding tert-OH is 2. The van der Waals surface area contributed by atoms with Gasteiger partial charge in [-0.25, -0.2) is 4.79 Å². The molecule has 5 aliphatic rings. The molecule has 7 atom stereocenters. The minimum atomic E-state index is -1.15. The molecule has 0 radical (unpaired) electrons. The van der Waals surface area contributed by atoms with Crippen molar-refractivity contribution >= 4 is 11.8 Å². The van der Waals surface area contributed by atoms with Crippen molar-refractivity contribution < 1.29 is 29.3 Å². The molecule has 25 heavy (non-hydrogen) atoms. The van der Waals surface area contributed by atoms with Crippen molar-refractivity contribution in [1.29, 1.82) is 0 Å².